The number of halogens is 1. The summed E-state index contributed by atoms with van der Waals surface area (Å²) in [7, 11) is 0. The normalized spacial score (nSPS) is 12.1. The first kappa shape index (κ1) is 19.2. The van der Waals surface area contributed by atoms with Crippen molar-refractivity contribution in [1.29, 1.82) is 0 Å². The SMILES string of the molecule is O=C(O)c1ccc2cc(N(c3cnc(-c4ccc(F)cc4)s3)S(=O)[O-])ccc2c1. The first-order valence-electron chi connectivity index (χ1n) is 8.31. The maximum Gasteiger partial charge on any atom is 0.335 e. The highest BCUT2D eigenvalue weighted by Gasteiger charge is 2.16. The highest BCUT2D eigenvalue weighted by atomic mass is 32.2. The summed E-state index contributed by atoms with van der Waals surface area (Å²) in [5.41, 5.74) is 1.23. The minimum absolute atomic E-state index is 0.154. The van der Waals surface area contributed by atoms with Crippen LogP contribution in [0.15, 0.2) is 66.9 Å². The molecule has 0 amide bonds. The predicted molar refractivity (Wildman–Crippen MR) is 109 cm³/mol. The van der Waals surface area contributed by atoms with E-state index >= 15 is 0 Å². The second kappa shape index (κ2) is 7.70. The molecule has 0 fully saturated rings. The zero-order valence-electron chi connectivity index (χ0n) is 14.6. The molecule has 1 aromatic heterocycles. The van der Waals surface area contributed by atoms with Gasteiger partial charge in [-0.05, 0) is 59.3 Å². The molecule has 0 aliphatic carbocycles. The fraction of sp³-hybridized carbons (Fsp3) is 0. The van der Waals surface area contributed by atoms with E-state index in [-0.39, 0.29) is 11.4 Å². The van der Waals surface area contributed by atoms with Gasteiger partial charge < -0.3 is 9.66 Å². The number of carboxylic acid groups (broad SMARTS) is 1. The average molecular weight is 427 g/mol. The van der Waals surface area contributed by atoms with Crippen LogP contribution in [0.25, 0.3) is 21.3 Å². The van der Waals surface area contributed by atoms with Gasteiger partial charge in [0, 0.05) is 5.56 Å². The molecule has 0 saturated carbocycles. The Kier molecular flexibility index (Phi) is 5.10. The Balaban J connectivity index is 1.73. The fourth-order valence-corrected chi connectivity index (χ4v) is 4.49. The van der Waals surface area contributed by atoms with E-state index in [0.717, 1.165) is 15.6 Å². The van der Waals surface area contributed by atoms with Gasteiger partial charge in [-0.1, -0.05) is 23.5 Å². The van der Waals surface area contributed by atoms with Gasteiger partial charge in [0.2, 0.25) is 0 Å². The molecule has 0 radical (unpaired) electrons. The third-order valence-electron chi connectivity index (χ3n) is 4.24. The molecule has 0 saturated heterocycles. The van der Waals surface area contributed by atoms with Crippen molar-refractivity contribution < 1.29 is 23.1 Å². The number of carboxylic acids is 1. The molecule has 29 heavy (non-hydrogen) atoms. The number of benzene rings is 3. The third-order valence-corrected chi connectivity index (χ3v) is 6.09. The van der Waals surface area contributed by atoms with Gasteiger partial charge in [0.25, 0.3) is 0 Å². The molecule has 0 spiro atoms. The van der Waals surface area contributed by atoms with Gasteiger partial charge in [0.1, 0.15) is 15.8 Å². The van der Waals surface area contributed by atoms with Gasteiger partial charge in [0.05, 0.1) is 28.7 Å². The molecule has 1 unspecified atom stereocenters. The van der Waals surface area contributed by atoms with Crippen LogP contribution in [0.3, 0.4) is 0 Å². The number of carbonyl (C=O) groups is 1. The predicted octanol–water partition coefficient (Wildman–Crippen LogP) is 4.73. The van der Waals surface area contributed by atoms with Crippen molar-refractivity contribution in [3.63, 3.8) is 0 Å². The summed E-state index contributed by atoms with van der Waals surface area (Å²) in [6, 6.07) is 15.3. The van der Waals surface area contributed by atoms with Crippen molar-refractivity contribution in [2.24, 2.45) is 0 Å². The van der Waals surface area contributed by atoms with Crippen LogP contribution in [-0.2, 0) is 11.3 Å². The van der Waals surface area contributed by atoms with Crippen LogP contribution in [0.5, 0.6) is 0 Å². The van der Waals surface area contributed by atoms with E-state index in [1.807, 2.05) is 0 Å². The summed E-state index contributed by atoms with van der Waals surface area (Å²) >= 11 is -1.45. The molecule has 4 aromatic rings. The lowest BCUT2D eigenvalue weighted by molar-refractivity contribution is 0.0697. The highest BCUT2D eigenvalue weighted by molar-refractivity contribution is 7.81. The number of aromatic nitrogens is 1. The highest BCUT2D eigenvalue weighted by Crippen LogP contribution is 2.37. The number of hydrogen-bond donors (Lipinski definition) is 1. The zero-order chi connectivity index (χ0) is 20.5. The van der Waals surface area contributed by atoms with Crippen molar-refractivity contribution in [3.8, 4) is 10.6 Å². The fourth-order valence-electron chi connectivity index (χ4n) is 2.86. The van der Waals surface area contributed by atoms with Crippen molar-refractivity contribution >= 4 is 50.0 Å². The second-order valence-corrected chi connectivity index (χ2v) is 7.88. The van der Waals surface area contributed by atoms with Crippen LogP contribution >= 0.6 is 11.3 Å². The minimum Gasteiger partial charge on any atom is -0.755 e. The van der Waals surface area contributed by atoms with Gasteiger partial charge in [-0.2, -0.15) is 0 Å². The number of thiazole rings is 1. The van der Waals surface area contributed by atoms with Crippen LogP contribution in [0, 0.1) is 5.82 Å². The summed E-state index contributed by atoms with van der Waals surface area (Å²) in [4.78, 5) is 15.4. The monoisotopic (exact) mass is 427 g/mol. The summed E-state index contributed by atoms with van der Waals surface area (Å²) in [6.45, 7) is 0. The molecule has 0 bridgehead atoms. The maximum atomic E-state index is 13.1. The van der Waals surface area contributed by atoms with Crippen molar-refractivity contribution in [2.45, 2.75) is 0 Å². The molecular formula is C20H12FN2O4S2-. The van der Waals surface area contributed by atoms with E-state index in [1.165, 1.54) is 30.5 Å². The van der Waals surface area contributed by atoms with E-state index in [1.54, 1.807) is 36.4 Å². The number of anilines is 2. The van der Waals surface area contributed by atoms with Gasteiger partial charge in [-0.15, -0.1) is 0 Å². The summed E-state index contributed by atoms with van der Waals surface area (Å²) < 4.78 is 38.1. The minimum atomic E-state index is -2.61. The Morgan fingerprint density at radius 1 is 1.07 bits per heavy atom. The van der Waals surface area contributed by atoms with Crippen molar-refractivity contribution in [2.75, 3.05) is 4.31 Å². The third kappa shape index (κ3) is 3.88. The molecule has 146 valence electrons. The molecule has 4 rings (SSSR count). The van der Waals surface area contributed by atoms with Crippen molar-refractivity contribution in [1.82, 2.24) is 4.98 Å². The quantitative estimate of drug-likeness (QED) is 0.465. The summed E-state index contributed by atoms with van der Waals surface area (Å²) in [6.07, 6.45) is 1.44. The Labute approximate surface area is 171 Å². The molecule has 9 heteroatoms. The first-order valence-corrected chi connectivity index (χ1v) is 10.2. The zero-order valence-corrected chi connectivity index (χ0v) is 16.2. The Bertz CT molecular complexity index is 1240. The van der Waals surface area contributed by atoms with Crippen LogP contribution < -0.4 is 4.31 Å². The average Bonchev–Trinajstić information content (AvgIpc) is 3.17. The lowest BCUT2D eigenvalue weighted by Gasteiger charge is -2.24. The molecule has 6 nitrogen and oxygen atoms in total. The van der Waals surface area contributed by atoms with Gasteiger partial charge in [0.15, 0.2) is 0 Å². The Hall–Kier alpha value is -3.14. The number of aromatic carboxylic acids is 1. The molecule has 1 atom stereocenters. The number of fused-ring (bicyclic) bond motifs is 1. The number of hydrogen-bond acceptors (Lipinski definition) is 5. The van der Waals surface area contributed by atoms with Crippen LogP contribution in [-0.4, -0.2) is 24.8 Å². The molecule has 1 N–H and O–H groups in total. The largest absolute Gasteiger partial charge is 0.755 e. The lowest BCUT2D eigenvalue weighted by Crippen LogP contribution is -2.18. The van der Waals surface area contributed by atoms with E-state index in [9.17, 15) is 17.9 Å². The van der Waals surface area contributed by atoms with Gasteiger partial charge in [-0.3, -0.25) is 8.51 Å². The smallest absolute Gasteiger partial charge is 0.335 e. The summed E-state index contributed by atoms with van der Waals surface area (Å²) in [5.74, 6) is -1.40. The molecule has 3 aromatic carbocycles. The second-order valence-electron chi connectivity index (χ2n) is 6.07. The molecular weight excluding hydrogens is 415 g/mol. The Morgan fingerprint density at radius 2 is 1.76 bits per heavy atom. The Morgan fingerprint density at radius 3 is 2.45 bits per heavy atom. The lowest BCUT2D eigenvalue weighted by atomic mass is 10.1. The van der Waals surface area contributed by atoms with E-state index < -0.39 is 17.2 Å². The van der Waals surface area contributed by atoms with Crippen LogP contribution in [0.2, 0.25) is 0 Å². The van der Waals surface area contributed by atoms with Gasteiger partial charge in [-0.25, -0.2) is 14.2 Å². The first-order chi connectivity index (χ1) is 13.9. The van der Waals surface area contributed by atoms with Crippen LogP contribution in [0.4, 0.5) is 15.1 Å². The van der Waals surface area contributed by atoms with Crippen LogP contribution in [0.1, 0.15) is 10.4 Å². The molecule has 1 heterocycles. The van der Waals surface area contributed by atoms with E-state index in [2.05, 4.69) is 4.98 Å². The standard InChI is InChI=1S/C20H13FN2O4S2/c21-16-6-3-12(4-7-16)19-22-11-18(28-19)23(29(26)27)17-8-5-13-9-15(20(24)25)2-1-14(13)10-17/h1-11H,(H,24,25)(H,26,27)/p-1. The summed E-state index contributed by atoms with van der Waals surface area (Å²) in [5, 5.41) is 11.4. The maximum absolute atomic E-state index is 13.1. The van der Waals surface area contributed by atoms with Gasteiger partial charge >= 0.3 is 5.97 Å². The van der Waals surface area contributed by atoms with Crippen molar-refractivity contribution in [3.05, 3.63) is 78.2 Å². The molecule has 0 aliphatic heterocycles. The number of nitrogens with zero attached hydrogens (tertiary/aromatic N) is 2. The topological polar surface area (TPSA) is 93.6 Å². The molecule has 0 aliphatic rings. The van der Waals surface area contributed by atoms with E-state index in [4.69, 9.17) is 5.11 Å². The number of rotatable bonds is 5. The van der Waals surface area contributed by atoms with E-state index in [0.29, 0.717) is 32.0 Å².